The molecule has 0 saturated heterocycles. The average molecular weight is 235 g/mol. The van der Waals surface area contributed by atoms with E-state index < -0.39 is 5.97 Å². The molecule has 0 aliphatic rings. The highest BCUT2D eigenvalue weighted by atomic mass is 16.5. The Balaban J connectivity index is 2.90. The highest BCUT2D eigenvalue weighted by Gasteiger charge is 2.12. The van der Waals surface area contributed by atoms with Crippen molar-refractivity contribution in [1.29, 1.82) is 5.26 Å². The molecule has 0 spiro atoms. The molecule has 0 aliphatic heterocycles. The Morgan fingerprint density at radius 2 is 2.29 bits per heavy atom. The predicted molar refractivity (Wildman–Crippen MR) is 60.3 cm³/mol. The zero-order valence-corrected chi connectivity index (χ0v) is 9.64. The molecule has 0 aliphatic carbocycles. The summed E-state index contributed by atoms with van der Waals surface area (Å²) in [5, 5.41) is 17.4. The van der Waals surface area contributed by atoms with Gasteiger partial charge in [-0.25, -0.2) is 4.79 Å². The molecule has 0 fully saturated rings. The average Bonchev–Trinajstić information content (AvgIpc) is 2.28. The highest BCUT2D eigenvalue weighted by Crippen LogP contribution is 2.25. The molecule has 90 valence electrons. The van der Waals surface area contributed by atoms with E-state index in [0.29, 0.717) is 5.75 Å². The van der Waals surface area contributed by atoms with Crippen LogP contribution in [0.2, 0.25) is 0 Å². The normalized spacial score (nSPS) is 11.4. The van der Waals surface area contributed by atoms with Gasteiger partial charge in [-0.15, -0.1) is 0 Å². The molecule has 5 heteroatoms. The third-order valence-corrected chi connectivity index (χ3v) is 2.12. The van der Waals surface area contributed by atoms with E-state index in [-0.39, 0.29) is 23.8 Å². The lowest BCUT2D eigenvalue weighted by molar-refractivity contribution is 0.0693. The molecule has 0 aromatic heterocycles. The summed E-state index contributed by atoms with van der Waals surface area (Å²) in [6, 6.07) is 6.45. The van der Waals surface area contributed by atoms with Crippen molar-refractivity contribution < 1.29 is 19.4 Å². The smallest absolute Gasteiger partial charge is 0.339 e. The van der Waals surface area contributed by atoms with E-state index in [0.717, 1.165) is 0 Å². The van der Waals surface area contributed by atoms with Crippen LogP contribution in [0.1, 0.15) is 23.7 Å². The SMILES string of the molecule is COc1cc(OC(C)CC#N)ccc1C(=O)O. The molecule has 5 nitrogen and oxygen atoms in total. The van der Waals surface area contributed by atoms with Gasteiger partial charge in [0.25, 0.3) is 0 Å². The first-order chi connectivity index (χ1) is 8.08. The van der Waals surface area contributed by atoms with Crippen molar-refractivity contribution in [2.24, 2.45) is 0 Å². The van der Waals surface area contributed by atoms with Crippen LogP contribution in [0.25, 0.3) is 0 Å². The van der Waals surface area contributed by atoms with Crippen molar-refractivity contribution in [2.45, 2.75) is 19.4 Å². The minimum absolute atomic E-state index is 0.0767. The maximum absolute atomic E-state index is 10.9. The van der Waals surface area contributed by atoms with Crippen molar-refractivity contribution in [3.05, 3.63) is 23.8 Å². The summed E-state index contributed by atoms with van der Waals surface area (Å²) in [6.07, 6.45) is 0.0172. The molecular weight excluding hydrogens is 222 g/mol. The first-order valence-electron chi connectivity index (χ1n) is 5.03. The number of ether oxygens (including phenoxy) is 2. The molecule has 0 saturated carbocycles. The monoisotopic (exact) mass is 235 g/mol. The van der Waals surface area contributed by atoms with E-state index >= 15 is 0 Å². The van der Waals surface area contributed by atoms with E-state index in [1.807, 2.05) is 6.07 Å². The number of rotatable bonds is 5. The molecule has 1 rings (SSSR count). The molecule has 1 aromatic rings. The Labute approximate surface area is 99.2 Å². The van der Waals surface area contributed by atoms with E-state index in [4.69, 9.17) is 19.8 Å². The molecule has 0 heterocycles. The van der Waals surface area contributed by atoms with Crippen LogP contribution in [0.15, 0.2) is 18.2 Å². The molecule has 0 bridgehead atoms. The van der Waals surface area contributed by atoms with Crippen molar-refractivity contribution in [3.63, 3.8) is 0 Å². The van der Waals surface area contributed by atoms with Crippen molar-refractivity contribution in [2.75, 3.05) is 7.11 Å². The minimum atomic E-state index is -1.06. The molecule has 1 aromatic carbocycles. The first kappa shape index (κ1) is 12.8. The second-order valence-electron chi connectivity index (χ2n) is 3.46. The number of carboxylic acid groups (broad SMARTS) is 1. The van der Waals surface area contributed by atoms with Gasteiger partial charge in [-0.3, -0.25) is 0 Å². The van der Waals surface area contributed by atoms with Gasteiger partial charge in [-0.1, -0.05) is 0 Å². The number of nitriles is 1. The first-order valence-corrected chi connectivity index (χ1v) is 5.03. The number of hydrogen-bond acceptors (Lipinski definition) is 4. The number of benzene rings is 1. The summed E-state index contributed by atoms with van der Waals surface area (Å²) in [7, 11) is 1.39. The fourth-order valence-corrected chi connectivity index (χ4v) is 1.32. The Hall–Kier alpha value is -2.22. The summed E-state index contributed by atoms with van der Waals surface area (Å²) in [5.41, 5.74) is 0.0767. The molecule has 0 amide bonds. The lowest BCUT2D eigenvalue weighted by Crippen LogP contribution is -2.11. The largest absolute Gasteiger partial charge is 0.496 e. The quantitative estimate of drug-likeness (QED) is 0.845. The summed E-state index contributed by atoms with van der Waals surface area (Å²) in [4.78, 5) is 10.9. The second kappa shape index (κ2) is 5.75. The van der Waals surface area contributed by atoms with Gasteiger partial charge in [0.15, 0.2) is 0 Å². The minimum Gasteiger partial charge on any atom is -0.496 e. The van der Waals surface area contributed by atoms with Crippen LogP contribution in [-0.2, 0) is 0 Å². The topological polar surface area (TPSA) is 79.5 Å². The van der Waals surface area contributed by atoms with Gasteiger partial charge in [0.05, 0.1) is 19.6 Å². The Morgan fingerprint density at radius 3 is 2.82 bits per heavy atom. The van der Waals surface area contributed by atoms with Gasteiger partial charge < -0.3 is 14.6 Å². The number of carboxylic acids is 1. The van der Waals surface area contributed by atoms with Crippen molar-refractivity contribution >= 4 is 5.97 Å². The van der Waals surface area contributed by atoms with E-state index in [1.54, 1.807) is 13.0 Å². The Kier molecular flexibility index (Phi) is 4.35. The number of methoxy groups -OCH3 is 1. The number of nitrogens with zero attached hydrogens (tertiary/aromatic N) is 1. The summed E-state index contributed by atoms with van der Waals surface area (Å²) >= 11 is 0. The Morgan fingerprint density at radius 1 is 1.59 bits per heavy atom. The lowest BCUT2D eigenvalue weighted by Gasteiger charge is -2.13. The van der Waals surface area contributed by atoms with Crippen LogP contribution in [0, 0.1) is 11.3 Å². The maximum atomic E-state index is 10.9. The number of hydrogen-bond donors (Lipinski definition) is 1. The van der Waals surface area contributed by atoms with Crippen LogP contribution < -0.4 is 9.47 Å². The van der Waals surface area contributed by atoms with Gasteiger partial charge in [0.1, 0.15) is 23.2 Å². The van der Waals surface area contributed by atoms with Crippen LogP contribution in [0.4, 0.5) is 0 Å². The second-order valence-corrected chi connectivity index (χ2v) is 3.46. The fraction of sp³-hybridized carbons (Fsp3) is 0.333. The van der Waals surface area contributed by atoms with Crippen molar-refractivity contribution in [3.8, 4) is 17.6 Å². The van der Waals surface area contributed by atoms with Crippen molar-refractivity contribution in [1.82, 2.24) is 0 Å². The fourth-order valence-electron chi connectivity index (χ4n) is 1.32. The number of carbonyl (C=O) groups is 1. The molecule has 1 unspecified atom stereocenters. The summed E-state index contributed by atoms with van der Waals surface area (Å²) < 4.78 is 10.4. The zero-order valence-electron chi connectivity index (χ0n) is 9.64. The van der Waals surface area contributed by atoms with Gasteiger partial charge in [-0.2, -0.15) is 5.26 Å². The zero-order chi connectivity index (χ0) is 12.8. The Bertz CT molecular complexity index is 450. The van der Waals surface area contributed by atoms with E-state index in [9.17, 15) is 4.79 Å². The van der Waals surface area contributed by atoms with Gasteiger partial charge in [-0.05, 0) is 19.1 Å². The summed E-state index contributed by atoms with van der Waals surface area (Å²) in [5.74, 6) is -0.341. The van der Waals surface area contributed by atoms with Gasteiger partial charge in [0.2, 0.25) is 0 Å². The molecular formula is C12H13NO4. The standard InChI is InChI=1S/C12H13NO4/c1-8(5-6-13)17-9-3-4-10(12(14)15)11(7-9)16-2/h3-4,7-8H,5H2,1-2H3,(H,14,15). The highest BCUT2D eigenvalue weighted by molar-refractivity contribution is 5.91. The van der Waals surface area contributed by atoms with Gasteiger partial charge in [0, 0.05) is 6.07 Å². The van der Waals surface area contributed by atoms with Crippen LogP contribution in [0.5, 0.6) is 11.5 Å². The van der Waals surface area contributed by atoms with Crippen LogP contribution in [0.3, 0.4) is 0 Å². The summed E-state index contributed by atoms with van der Waals surface area (Å²) in [6.45, 7) is 1.76. The van der Waals surface area contributed by atoms with Crippen LogP contribution in [-0.4, -0.2) is 24.3 Å². The van der Waals surface area contributed by atoms with E-state index in [1.165, 1.54) is 19.2 Å². The predicted octanol–water partition coefficient (Wildman–Crippen LogP) is 2.07. The van der Waals surface area contributed by atoms with Crippen LogP contribution >= 0.6 is 0 Å². The molecule has 17 heavy (non-hydrogen) atoms. The van der Waals surface area contributed by atoms with E-state index in [2.05, 4.69) is 0 Å². The molecule has 0 radical (unpaired) electrons. The lowest BCUT2D eigenvalue weighted by atomic mass is 10.2. The molecule has 1 N–H and O–H groups in total. The molecule has 1 atom stereocenters. The third kappa shape index (κ3) is 3.38. The third-order valence-electron chi connectivity index (χ3n) is 2.12. The maximum Gasteiger partial charge on any atom is 0.339 e. The number of aromatic carboxylic acids is 1. The van der Waals surface area contributed by atoms with Gasteiger partial charge >= 0.3 is 5.97 Å².